The maximum atomic E-state index is 12.1. The molecule has 24 heavy (non-hydrogen) atoms. The standard InChI is InChI=1S/C16H14N2O6/c1-10(24-12-5-3-2-4-6-12)15(19)17-11-7-8-13(16(20)21)14(9-11)18(22)23/h2-10H,1H3,(H,17,19)(H,20,21)/t10-/m1/s1. The molecule has 2 aromatic carbocycles. The molecule has 0 saturated carbocycles. The van der Waals surface area contributed by atoms with Gasteiger partial charge in [-0.25, -0.2) is 4.79 Å². The van der Waals surface area contributed by atoms with Crippen molar-refractivity contribution in [1.82, 2.24) is 0 Å². The number of carboxylic acid groups (broad SMARTS) is 1. The highest BCUT2D eigenvalue weighted by Gasteiger charge is 2.22. The highest BCUT2D eigenvalue weighted by molar-refractivity contribution is 5.97. The van der Waals surface area contributed by atoms with Gasteiger partial charge in [0.2, 0.25) is 0 Å². The lowest BCUT2D eigenvalue weighted by Gasteiger charge is -2.14. The average Bonchev–Trinajstić information content (AvgIpc) is 2.55. The second-order valence-corrected chi connectivity index (χ2v) is 4.86. The molecule has 0 aliphatic rings. The molecule has 1 amide bonds. The van der Waals surface area contributed by atoms with Crippen LogP contribution in [0, 0.1) is 10.1 Å². The van der Waals surface area contributed by atoms with Crippen LogP contribution in [0.2, 0.25) is 0 Å². The summed E-state index contributed by atoms with van der Waals surface area (Å²) in [5.41, 5.74) is -0.941. The van der Waals surface area contributed by atoms with Crippen molar-refractivity contribution < 1.29 is 24.4 Å². The highest BCUT2D eigenvalue weighted by atomic mass is 16.6. The minimum atomic E-state index is -1.42. The lowest BCUT2D eigenvalue weighted by molar-refractivity contribution is -0.385. The van der Waals surface area contributed by atoms with Gasteiger partial charge in [-0.2, -0.15) is 0 Å². The molecule has 0 bridgehead atoms. The van der Waals surface area contributed by atoms with E-state index in [1.807, 2.05) is 0 Å². The second-order valence-electron chi connectivity index (χ2n) is 4.86. The van der Waals surface area contributed by atoms with E-state index in [0.29, 0.717) is 5.75 Å². The summed E-state index contributed by atoms with van der Waals surface area (Å²) in [5, 5.41) is 22.3. The Kier molecular flexibility index (Phi) is 5.10. The number of benzene rings is 2. The lowest BCUT2D eigenvalue weighted by atomic mass is 10.1. The summed E-state index contributed by atoms with van der Waals surface area (Å²) in [7, 11) is 0. The number of nitrogens with one attached hydrogen (secondary N) is 1. The third kappa shape index (κ3) is 4.07. The first-order chi connectivity index (χ1) is 11.4. The number of para-hydroxylation sites is 1. The number of rotatable bonds is 6. The number of hydrogen-bond acceptors (Lipinski definition) is 5. The van der Waals surface area contributed by atoms with Crippen LogP contribution in [0.25, 0.3) is 0 Å². The maximum Gasteiger partial charge on any atom is 0.342 e. The normalized spacial score (nSPS) is 11.4. The Morgan fingerprint density at radius 1 is 1.21 bits per heavy atom. The number of carbonyl (C=O) groups is 2. The van der Waals surface area contributed by atoms with Crippen molar-refractivity contribution in [2.24, 2.45) is 0 Å². The van der Waals surface area contributed by atoms with Crippen molar-refractivity contribution >= 4 is 23.3 Å². The predicted octanol–water partition coefficient (Wildman–Crippen LogP) is 2.70. The Labute approximate surface area is 136 Å². The van der Waals surface area contributed by atoms with Gasteiger partial charge in [-0.05, 0) is 31.2 Å². The summed E-state index contributed by atoms with van der Waals surface area (Å²) in [6, 6.07) is 12.0. The van der Waals surface area contributed by atoms with Crippen LogP contribution >= 0.6 is 0 Å². The highest BCUT2D eigenvalue weighted by Crippen LogP contribution is 2.23. The van der Waals surface area contributed by atoms with E-state index in [1.54, 1.807) is 30.3 Å². The number of nitro benzene ring substituents is 1. The summed E-state index contributed by atoms with van der Waals surface area (Å²) in [6.07, 6.45) is -0.842. The molecule has 0 saturated heterocycles. The lowest BCUT2D eigenvalue weighted by Crippen LogP contribution is -2.30. The van der Waals surface area contributed by atoms with Gasteiger partial charge in [-0.15, -0.1) is 0 Å². The maximum absolute atomic E-state index is 12.1. The molecule has 124 valence electrons. The molecule has 0 radical (unpaired) electrons. The minimum absolute atomic E-state index is 0.111. The molecule has 2 aromatic rings. The van der Waals surface area contributed by atoms with Crippen molar-refractivity contribution in [2.75, 3.05) is 5.32 Å². The second kappa shape index (κ2) is 7.23. The summed E-state index contributed by atoms with van der Waals surface area (Å²) >= 11 is 0. The Bertz CT molecular complexity index is 775. The quantitative estimate of drug-likeness (QED) is 0.621. The fourth-order valence-corrected chi connectivity index (χ4v) is 1.94. The molecule has 0 spiro atoms. The van der Waals surface area contributed by atoms with E-state index in [4.69, 9.17) is 9.84 Å². The van der Waals surface area contributed by atoms with Crippen molar-refractivity contribution in [3.63, 3.8) is 0 Å². The van der Waals surface area contributed by atoms with Crippen molar-refractivity contribution in [3.05, 3.63) is 64.2 Å². The first-order valence-electron chi connectivity index (χ1n) is 6.93. The Balaban J connectivity index is 2.12. The largest absolute Gasteiger partial charge is 0.481 e. The Hall–Kier alpha value is -3.42. The van der Waals surface area contributed by atoms with E-state index in [0.717, 1.165) is 12.1 Å². The zero-order valence-corrected chi connectivity index (χ0v) is 12.6. The zero-order valence-electron chi connectivity index (χ0n) is 12.6. The van der Waals surface area contributed by atoms with Crippen LogP contribution in [0.3, 0.4) is 0 Å². The van der Waals surface area contributed by atoms with Crippen LogP contribution in [0.5, 0.6) is 5.75 Å². The molecule has 8 nitrogen and oxygen atoms in total. The topological polar surface area (TPSA) is 119 Å². The van der Waals surface area contributed by atoms with E-state index >= 15 is 0 Å². The number of ether oxygens (including phenoxy) is 1. The molecule has 0 aliphatic heterocycles. The number of carboxylic acids is 1. The van der Waals surface area contributed by atoms with Gasteiger partial charge in [0.05, 0.1) is 4.92 Å². The Morgan fingerprint density at radius 2 is 1.88 bits per heavy atom. The van der Waals surface area contributed by atoms with E-state index in [-0.39, 0.29) is 5.69 Å². The SMILES string of the molecule is C[C@@H](Oc1ccccc1)C(=O)Nc1ccc(C(=O)O)c([N+](=O)[O-])c1. The van der Waals surface area contributed by atoms with Gasteiger partial charge in [0, 0.05) is 11.8 Å². The summed E-state index contributed by atoms with van der Waals surface area (Å²) < 4.78 is 5.45. The van der Waals surface area contributed by atoms with Crippen LogP contribution in [-0.4, -0.2) is 28.0 Å². The van der Waals surface area contributed by atoms with E-state index in [1.165, 1.54) is 13.0 Å². The number of amides is 1. The van der Waals surface area contributed by atoms with Gasteiger partial charge in [0.15, 0.2) is 6.10 Å². The smallest absolute Gasteiger partial charge is 0.342 e. The molecule has 0 heterocycles. The predicted molar refractivity (Wildman–Crippen MR) is 85.2 cm³/mol. The fraction of sp³-hybridized carbons (Fsp3) is 0.125. The van der Waals surface area contributed by atoms with Gasteiger partial charge in [0.1, 0.15) is 11.3 Å². The number of nitrogens with zero attached hydrogens (tertiary/aromatic N) is 1. The molecule has 1 atom stereocenters. The number of aromatic carboxylic acids is 1. The minimum Gasteiger partial charge on any atom is -0.481 e. The monoisotopic (exact) mass is 330 g/mol. The third-order valence-corrected chi connectivity index (χ3v) is 3.12. The first-order valence-corrected chi connectivity index (χ1v) is 6.93. The average molecular weight is 330 g/mol. The molecular weight excluding hydrogens is 316 g/mol. The van der Waals surface area contributed by atoms with E-state index in [9.17, 15) is 19.7 Å². The van der Waals surface area contributed by atoms with Crippen LogP contribution in [0.1, 0.15) is 17.3 Å². The molecule has 0 aromatic heterocycles. The molecule has 0 unspecified atom stereocenters. The van der Waals surface area contributed by atoms with Gasteiger partial charge in [0.25, 0.3) is 11.6 Å². The molecule has 0 aliphatic carbocycles. The van der Waals surface area contributed by atoms with Crippen molar-refractivity contribution in [1.29, 1.82) is 0 Å². The van der Waals surface area contributed by atoms with Gasteiger partial charge in [-0.1, -0.05) is 18.2 Å². The molecular formula is C16H14N2O6. The summed E-state index contributed by atoms with van der Waals surface area (Å²) in [4.78, 5) is 33.2. The van der Waals surface area contributed by atoms with Gasteiger partial charge < -0.3 is 15.2 Å². The zero-order chi connectivity index (χ0) is 17.7. The number of nitro groups is 1. The van der Waals surface area contributed by atoms with Crippen molar-refractivity contribution in [2.45, 2.75) is 13.0 Å². The molecule has 8 heteroatoms. The van der Waals surface area contributed by atoms with E-state index in [2.05, 4.69) is 5.32 Å². The van der Waals surface area contributed by atoms with Crippen LogP contribution in [-0.2, 0) is 4.79 Å². The summed E-state index contributed by atoms with van der Waals surface area (Å²) in [5.74, 6) is -1.43. The van der Waals surface area contributed by atoms with Crippen molar-refractivity contribution in [3.8, 4) is 5.75 Å². The van der Waals surface area contributed by atoms with Crippen LogP contribution < -0.4 is 10.1 Å². The molecule has 2 rings (SSSR count). The van der Waals surface area contributed by atoms with Crippen LogP contribution in [0.15, 0.2) is 48.5 Å². The summed E-state index contributed by atoms with van der Waals surface area (Å²) in [6.45, 7) is 1.53. The van der Waals surface area contributed by atoms with E-state index < -0.39 is 34.2 Å². The number of hydrogen-bond donors (Lipinski definition) is 2. The third-order valence-electron chi connectivity index (χ3n) is 3.12. The van der Waals surface area contributed by atoms with Gasteiger partial charge >= 0.3 is 5.97 Å². The molecule has 2 N–H and O–H groups in total. The first kappa shape index (κ1) is 16.9. The number of anilines is 1. The van der Waals surface area contributed by atoms with Gasteiger partial charge in [-0.3, -0.25) is 14.9 Å². The fourth-order valence-electron chi connectivity index (χ4n) is 1.94. The van der Waals surface area contributed by atoms with Crippen LogP contribution in [0.4, 0.5) is 11.4 Å². The molecule has 0 fully saturated rings. The number of carbonyl (C=O) groups excluding carboxylic acids is 1. The Morgan fingerprint density at radius 3 is 2.46 bits per heavy atom.